The number of ether oxygens (including phenoxy) is 1. The summed E-state index contributed by atoms with van der Waals surface area (Å²) >= 11 is 0. The van der Waals surface area contributed by atoms with Crippen LogP contribution in [0.3, 0.4) is 0 Å². The van der Waals surface area contributed by atoms with Gasteiger partial charge in [-0.3, -0.25) is 0 Å². The molecule has 1 aromatic rings. The van der Waals surface area contributed by atoms with E-state index in [4.69, 9.17) is 10.5 Å². The highest BCUT2D eigenvalue weighted by molar-refractivity contribution is 5.59. The lowest BCUT2D eigenvalue weighted by molar-refractivity contribution is 0.344. The van der Waals surface area contributed by atoms with Gasteiger partial charge in [0.2, 0.25) is 0 Å². The van der Waals surface area contributed by atoms with E-state index in [0.29, 0.717) is 11.3 Å². The summed E-state index contributed by atoms with van der Waals surface area (Å²) < 4.78 is 5.18. The van der Waals surface area contributed by atoms with Gasteiger partial charge in [0.25, 0.3) is 0 Å². The summed E-state index contributed by atoms with van der Waals surface area (Å²) in [6, 6.07) is 13.7. The Kier molecular flexibility index (Phi) is 3.76. The maximum Gasteiger partial charge on any atom is 0.191 e. The third-order valence-corrected chi connectivity index (χ3v) is 5.03. The predicted molar refractivity (Wildman–Crippen MR) is 87.0 cm³/mol. The molecule has 0 aliphatic heterocycles. The van der Waals surface area contributed by atoms with Crippen LogP contribution in [0.5, 0.6) is 5.75 Å². The molecule has 0 spiro atoms. The minimum absolute atomic E-state index is 0.0559. The Morgan fingerprint density at radius 1 is 1.17 bits per heavy atom. The van der Waals surface area contributed by atoms with Crippen LogP contribution < -0.4 is 10.5 Å². The average molecular weight is 316 g/mol. The second-order valence-electron chi connectivity index (χ2n) is 6.03. The summed E-state index contributed by atoms with van der Waals surface area (Å²) in [5, 5.41) is 29.2. The van der Waals surface area contributed by atoms with E-state index in [1.165, 1.54) is 0 Å². The molecule has 3 rings (SSSR count). The molecule has 2 aliphatic rings. The van der Waals surface area contributed by atoms with Gasteiger partial charge >= 0.3 is 0 Å². The first-order valence-electron chi connectivity index (χ1n) is 7.70. The van der Waals surface area contributed by atoms with E-state index in [1.54, 1.807) is 7.11 Å². The van der Waals surface area contributed by atoms with E-state index in [-0.39, 0.29) is 11.6 Å². The van der Waals surface area contributed by atoms with Gasteiger partial charge in [-0.1, -0.05) is 18.2 Å². The monoisotopic (exact) mass is 316 g/mol. The molecule has 24 heavy (non-hydrogen) atoms. The van der Waals surface area contributed by atoms with Crippen LogP contribution >= 0.6 is 0 Å². The van der Waals surface area contributed by atoms with Crippen LogP contribution in [0.4, 0.5) is 0 Å². The number of nitrogens with two attached hydrogens (primary N) is 1. The number of methoxy groups -OCH3 is 1. The second kappa shape index (κ2) is 5.76. The summed E-state index contributed by atoms with van der Waals surface area (Å²) in [6.45, 7) is 0. The topological polar surface area (TPSA) is 107 Å². The van der Waals surface area contributed by atoms with Gasteiger partial charge in [-0.2, -0.15) is 15.8 Å². The first-order chi connectivity index (χ1) is 11.6. The lowest BCUT2D eigenvalue weighted by atomic mass is 9.59. The molecule has 0 unspecified atom stereocenters. The number of nitrogens with zero attached hydrogens (tertiary/aromatic N) is 3. The molecule has 0 saturated carbocycles. The van der Waals surface area contributed by atoms with Crippen LogP contribution in [-0.2, 0) is 0 Å². The highest BCUT2D eigenvalue weighted by atomic mass is 16.5. The highest BCUT2D eigenvalue weighted by Crippen LogP contribution is 2.56. The number of hydrogen-bond donors (Lipinski definition) is 1. The van der Waals surface area contributed by atoms with E-state index in [1.807, 2.05) is 30.3 Å². The summed E-state index contributed by atoms with van der Waals surface area (Å²) in [7, 11) is 1.59. The van der Waals surface area contributed by atoms with E-state index in [2.05, 4.69) is 18.2 Å². The zero-order chi connectivity index (χ0) is 17.3. The van der Waals surface area contributed by atoms with Gasteiger partial charge in [0.15, 0.2) is 5.41 Å². The first-order valence-corrected chi connectivity index (χ1v) is 7.70. The van der Waals surface area contributed by atoms with Crippen molar-refractivity contribution in [3.8, 4) is 24.0 Å². The van der Waals surface area contributed by atoms with Crippen molar-refractivity contribution >= 4 is 0 Å². The lowest BCUT2D eigenvalue weighted by Gasteiger charge is -2.40. The number of rotatable bonds is 2. The average Bonchev–Trinajstić information content (AvgIpc) is 3.09. The van der Waals surface area contributed by atoms with E-state index < -0.39 is 11.3 Å². The van der Waals surface area contributed by atoms with Gasteiger partial charge in [-0.15, -0.1) is 0 Å². The molecule has 2 N–H and O–H groups in total. The number of fused-ring (bicyclic) bond motifs is 1. The second-order valence-corrected chi connectivity index (χ2v) is 6.03. The molecule has 0 bridgehead atoms. The molecule has 1 aromatic carbocycles. The van der Waals surface area contributed by atoms with Gasteiger partial charge < -0.3 is 10.5 Å². The molecule has 5 nitrogen and oxygen atoms in total. The molecule has 0 fully saturated rings. The van der Waals surface area contributed by atoms with Gasteiger partial charge in [0, 0.05) is 5.92 Å². The molecule has 2 aliphatic carbocycles. The van der Waals surface area contributed by atoms with Crippen molar-refractivity contribution in [1.29, 1.82) is 15.8 Å². The molecular weight excluding hydrogens is 300 g/mol. The van der Waals surface area contributed by atoms with Crippen molar-refractivity contribution in [2.24, 2.45) is 17.1 Å². The van der Waals surface area contributed by atoms with E-state index >= 15 is 0 Å². The predicted octanol–water partition coefficient (Wildman–Crippen LogP) is 2.90. The molecule has 2 atom stereocenters. The van der Waals surface area contributed by atoms with Crippen molar-refractivity contribution in [2.45, 2.75) is 18.8 Å². The quantitative estimate of drug-likeness (QED) is 0.902. The fourth-order valence-electron chi connectivity index (χ4n) is 3.88. The van der Waals surface area contributed by atoms with Crippen molar-refractivity contribution in [2.75, 3.05) is 7.11 Å². The molecule has 0 saturated heterocycles. The molecule has 118 valence electrons. The summed E-state index contributed by atoms with van der Waals surface area (Å²) in [5.41, 5.74) is 6.74. The van der Waals surface area contributed by atoms with Crippen molar-refractivity contribution in [1.82, 2.24) is 0 Å². The lowest BCUT2D eigenvalue weighted by Crippen LogP contribution is -2.41. The van der Waals surface area contributed by atoms with Crippen LogP contribution in [0.2, 0.25) is 0 Å². The number of hydrogen-bond acceptors (Lipinski definition) is 5. The summed E-state index contributed by atoms with van der Waals surface area (Å²) in [6.07, 6.45) is 3.62. The maximum absolute atomic E-state index is 9.84. The van der Waals surface area contributed by atoms with Crippen LogP contribution in [-0.4, -0.2) is 7.11 Å². The van der Waals surface area contributed by atoms with Crippen LogP contribution in [0.1, 0.15) is 24.3 Å². The molecular formula is C19H16N4O. The Morgan fingerprint density at radius 2 is 1.83 bits per heavy atom. The smallest absolute Gasteiger partial charge is 0.191 e. The van der Waals surface area contributed by atoms with Crippen LogP contribution in [0, 0.1) is 45.3 Å². The third kappa shape index (κ3) is 1.98. The largest absolute Gasteiger partial charge is 0.497 e. The zero-order valence-electron chi connectivity index (χ0n) is 13.3. The molecule has 5 heteroatoms. The molecule has 0 aromatic heterocycles. The SMILES string of the molecule is COc1ccc([C@@H]2[C@@H]3CCC=C3C(C#N)=C(N)C2(C#N)C#N)cc1. The number of nitriles is 3. The summed E-state index contributed by atoms with van der Waals surface area (Å²) in [5.74, 6) is 0.251. The van der Waals surface area contributed by atoms with Gasteiger partial charge in [0.05, 0.1) is 30.5 Å². The minimum atomic E-state index is -1.54. The molecule has 0 amide bonds. The van der Waals surface area contributed by atoms with Crippen molar-refractivity contribution < 1.29 is 4.74 Å². The Labute approximate surface area is 140 Å². The minimum Gasteiger partial charge on any atom is -0.497 e. The fraction of sp³-hybridized carbons (Fsp3) is 0.316. The Morgan fingerprint density at radius 3 is 2.38 bits per heavy atom. The fourth-order valence-corrected chi connectivity index (χ4v) is 3.88. The summed E-state index contributed by atoms with van der Waals surface area (Å²) in [4.78, 5) is 0. The number of allylic oxidation sites excluding steroid dienone is 4. The Hall–Kier alpha value is -3.23. The number of benzene rings is 1. The van der Waals surface area contributed by atoms with Crippen molar-refractivity contribution in [3.63, 3.8) is 0 Å². The van der Waals surface area contributed by atoms with E-state index in [9.17, 15) is 15.8 Å². The molecule has 0 radical (unpaired) electrons. The Balaban J connectivity index is 2.25. The van der Waals surface area contributed by atoms with E-state index in [0.717, 1.165) is 24.0 Å². The third-order valence-electron chi connectivity index (χ3n) is 5.03. The first kappa shape index (κ1) is 15.7. The standard InChI is InChI=1S/C19H16N4O/c1-24-13-7-5-12(6-8-13)17-15-4-2-3-14(15)16(9-20)18(23)19(17,10-21)11-22/h3,5-8,15,17H,2,4,23H2,1H3/t15-,17-/m1/s1. The zero-order valence-corrected chi connectivity index (χ0v) is 13.3. The normalized spacial score (nSPS) is 24.2. The molecule has 0 heterocycles. The van der Waals surface area contributed by atoms with Gasteiger partial charge in [0.1, 0.15) is 11.8 Å². The van der Waals surface area contributed by atoms with Gasteiger partial charge in [-0.05, 0) is 42.0 Å². The van der Waals surface area contributed by atoms with Crippen LogP contribution in [0.25, 0.3) is 0 Å². The van der Waals surface area contributed by atoms with Crippen LogP contribution in [0.15, 0.2) is 47.2 Å². The Bertz CT molecular complexity index is 845. The maximum atomic E-state index is 9.84. The van der Waals surface area contributed by atoms with Crippen molar-refractivity contribution in [3.05, 3.63) is 52.7 Å². The van der Waals surface area contributed by atoms with Gasteiger partial charge in [-0.25, -0.2) is 0 Å². The highest BCUT2D eigenvalue weighted by Gasteiger charge is 2.54.